The lowest BCUT2D eigenvalue weighted by molar-refractivity contribution is 0.0245. The van der Waals surface area contributed by atoms with Crippen LogP contribution in [0.4, 0.5) is 0 Å². The van der Waals surface area contributed by atoms with Gasteiger partial charge in [0.05, 0.1) is 6.10 Å². The van der Waals surface area contributed by atoms with E-state index in [1.54, 1.807) is 0 Å². The average molecular weight is 295 g/mol. The first kappa shape index (κ1) is 14.2. The maximum absolute atomic E-state index is 6.41. The van der Waals surface area contributed by atoms with Crippen molar-refractivity contribution >= 4 is 31.5 Å². The van der Waals surface area contributed by atoms with Gasteiger partial charge in [-0.05, 0) is 49.1 Å². The van der Waals surface area contributed by atoms with Gasteiger partial charge in [0.1, 0.15) is 4.46 Å². The second kappa shape index (κ2) is 4.13. The standard InChI is InChI=1S/C13H24Cl2OSi/c1-12(2)9-6-7-13(12,3)10(8-9)16-17(4,5)11(14)15/h9-11H,6-8H2,1-5H3. The first-order valence-electron chi connectivity index (χ1n) is 6.57. The molecule has 2 aliphatic rings. The van der Waals surface area contributed by atoms with Crippen LogP contribution in [-0.2, 0) is 4.43 Å². The van der Waals surface area contributed by atoms with Gasteiger partial charge in [-0.25, -0.2) is 0 Å². The zero-order valence-corrected chi connectivity index (χ0v) is 14.0. The van der Waals surface area contributed by atoms with Crippen LogP contribution in [-0.4, -0.2) is 18.9 Å². The third kappa shape index (κ3) is 2.00. The van der Waals surface area contributed by atoms with Crippen LogP contribution in [0.25, 0.3) is 0 Å². The molecule has 0 N–H and O–H groups in total. The highest BCUT2D eigenvalue weighted by Gasteiger charge is 2.62. The lowest BCUT2D eigenvalue weighted by atomic mass is 9.70. The van der Waals surface area contributed by atoms with E-state index in [0.29, 0.717) is 16.9 Å². The molecule has 0 aromatic carbocycles. The number of hydrogen-bond donors (Lipinski definition) is 0. The van der Waals surface area contributed by atoms with E-state index in [2.05, 4.69) is 33.9 Å². The van der Waals surface area contributed by atoms with Crippen molar-refractivity contribution in [2.75, 3.05) is 0 Å². The minimum Gasteiger partial charge on any atom is -0.411 e. The molecule has 0 spiro atoms. The molecule has 3 unspecified atom stereocenters. The predicted molar refractivity (Wildman–Crippen MR) is 77.1 cm³/mol. The van der Waals surface area contributed by atoms with E-state index in [1.807, 2.05) is 0 Å². The quantitative estimate of drug-likeness (QED) is 0.538. The van der Waals surface area contributed by atoms with Gasteiger partial charge >= 0.3 is 0 Å². The highest BCUT2D eigenvalue weighted by atomic mass is 35.5. The third-order valence-electron chi connectivity index (χ3n) is 5.69. The summed E-state index contributed by atoms with van der Waals surface area (Å²) >= 11 is 12.1. The summed E-state index contributed by atoms with van der Waals surface area (Å²) in [6, 6.07) is 0. The summed E-state index contributed by atoms with van der Waals surface area (Å²) < 4.78 is 6.07. The Bertz CT molecular complexity index is 317. The maximum Gasteiger partial charge on any atom is 0.220 e. The zero-order chi connectivity index (χ0) is 13.1. The van der Waals surface area contributed by atoms with Gasteiger partial charge in [0.2, 0.25) is 8.32 Å². The van der Waals surface area contributed by atoms with E-state index in [0.717, 1.165) is 5.92 Å². The predicted octanol–water partition coefficient (Wildman–Crippen LogP) is 4.77. The van der Waals surface area contributed by atoms with Crippen molar-refractivity contribution in [1.82, 2.24) is 0 Å². The molecule has 1 nitrogen and oxygen atoms in total. The van der Waals surface area contributed by atoms with E-state index in [-0.39, 0.29) is 4.46 Å². The molecule has 2 bridgehead atoms. The molecule has 100 valence electrons. The summed E-state index contributed by atoms with van der Waals surface area (Å²) in [5.74, 6) is 0.811. The fourth-order valence-electron chi connectivity index (χ4n) is 3.73. The maximum atomic E-state index is 6.41. The number of hydrogen-bond acceptors (Lipinski definition) is 1. The summed E-state index contributed by atoms with van der Waals surface area (Å²) in [5.41, 5.74) is 0.709. The lowest BCUT2D eigenvalue weighted by Gasteiger charge is -2.42. The topological polar surface area (TPSA) is 9.23 Å². The van der Waals surface area contributed by atoms with E-state index in [9.17, 15) is 0 Å². The Morgan fingerprint density at radius 3 is 2.18 bits per heavy atom. The minimum atomic E-state index is -1.96. The highest BCUT2D eigenvalue weighted by molar-refractivity contribution is 6.88. The Hall–Kier alpha value is 0.757. The Morgan fingerprint density at radius 2 is 1.82 bits per heavy atom. The monoisotopic (exact) mass is 294 g/mol. The van der Waals surface area contributed by atoms with Crippen LogP contribution >= 0.6 is 23.2 Å². The Morgan fingerprint density at radius 1 is 1.24 bits per heavy atom. The first-order valence-corrected chi connectivity index (χ1v) is 10.4. The molecular weight excluding hydrogens is 271 g/mol. The third-order valence-corrected chi connectivity index (χ3v) is 10.8. The molecule has 3 atom stereocenters. The molecule has 0 heterocycles. The van der Waals surface area contributed by atoms with Gasteiger partial charge in [0, 0.05) is 0 Å². The van der Waals surface area contributed by atoms with Crippen molar-refractivity contribution in [2.24, 2.45) is 16.7 Å². The molecule has 0 amide bonds. The molecule has 2 saturated carbocycles. The van der Waals surface area contributed by atoms with Gasteiger partial charge < -0.3 is 4.43 Å². The summed E-state index contributed by atoms with van der Waals surface area (Å²) in [5, 5.41) is 0. The molecule has 2 aliphatic carbocycles. The second-order valence-electron chi connectivity index (χ2n) is 7.12. The second-order valence-corrected chi connectivity index (χ2v) is 13.0. The minimum absolute atomic E-state index is 0.310. The molecule has 0 aliphatic heterocycles. The zero-order valence-electron chi connectivity index (χ0n) is 11.5. The van der Waals surface area contributed by atoms with Crippen molar-refractivity contribution in [1.29, 1.82) is 0 Å². The van der Waals surface area contributed by atoms with Crippen LogP contribution in [0.15, 0.2) is 0 Å². The smallest absolute Gasteiger partial charge is 0.220 e. The van der Waals surface area contributed by atoms with Gasteiger partial charge in [-0.3, -0.25) is 0 Å². The first-order chi connectivity index (χ1) is 7.61. The van der Waals surface area contributed by atoms with Crippen LogP contribution < -0.4 is 0 Å². The van der Waals surface area contributed by atoms with Crippen LogP contribution in [0.5, 0.6) is 0 Å². The van der Waals surface area contributed by atoms with Crippen molar-refractivity contribution in [2.45, 2.75) is 63.7 Å². The molecular formula is C13H24Cl2OSi. The molecule has 0 aromatic heterocycles. The number of halogens is 2. The Balaban J connectivity index is 2.16. The molecule has 17 heavy (non-hydrogen) atoms. The van der Waals surface area contributed by atoms with Crippen LogP contribution in [0.3, 0.4) is 0 Å². The normalized spacial score (nSPS) is 40.2. The molecule has 0 saturated heterocycles. The molecule has 4 heteroatoms. The van der Waals surface area contributed by atoms with Crippen LogP contribution in [0, 0.1) is 16.7 Å². The van der Waals surface area contributed by atoms with Crippen molar-refractivity contribution < 1.29 is 4.43 Å². The summed E-state index contributed by atoms with van der Waals surface area (Å²) in [6.45, 7) is 11.5. The highest BCUT2D eigenvalue weighted by Crippen LogP contribution is 2.66. The van der Waals surface area contributed by atoms with Crippen molar-refractivity contribution in [3.05, 3.63) is 0 Å². The summed E-state index contributed by atoms with van der Waals surface area (Å²) in [6.07, 6.45) is 4.20. The van der Waals surface area contributed by atoms with E-state index >= 15 is 0 Å². The number of alkyl halides is 2. The van der Waals surface area contributed by atoms with E-state index in [4.69, 9.17) is 27.6 Å². The van der Waals surface area contributed by atoms with Gasteiger partial charge in [0.25, 0.3) is 0 Å². The van der Waals surface area contributed by atoms with Crippen molar-refractivity contribution in [3.63, 3.8) is 0 Å². The molecule has 0 aromatic rings. The average Bonchev–Trinajstić information content (AvgIpc) is 2.49. The van der Waals surface area contributed by atoms with E-state index in [1.165, 1.54) is 19.3 Å². The Labute approximate surface area is 116 Å². The van der Waals surface area contributed by atoms with Gasteiger partial charge in [-0.2, -0.15) is 0 Å². The summed E-state index contributed by atoms with van der Waals surface area (Å²) in [7, 11) is -1.96. The van der Waals surface area contributed by atoms with Gasteiger partial charge in [-0.15, -0.1) is 23.2 Å². The molecule has 0 radical (unpaired) electrons. The fraction of sp³-hybridized carbons (Fsp3) is 1.00. The summed E-state index contributed by atoms with van der Waals surface area (Å²) in [4.78, 5) is 0. The largest absolute Gasteiger partial charge is 0.411 e. The molecule has 2 rings (SSSR count). The van der Waals surface area contributed by atoms with Crippen LogP contribution in [0.2, 0.25) is 13.1 Å². The fourth-order valence-corrected chi connectivity index (χ4v) is 5.23. The molecule has 2 fully saturated rings. The number of fused-ring (bicyclic) bond motifs is 2. The SMILES string of the molecule is CC1(C)C2CCC1(C)C(O[Si](C)(C)C(Cl)Cl)C2. The van der Waals surface area contributed by atoms with E-state index < -0.39 is 8.32 Å². The van der Waals surface area contributed by atoms with Gasteiger partial charge in [-0.1, -0.05) is 20.8 Å². The van der Waals surface area contributed by atoms with Crippen molar-refractivity contribution in [3.8, 4) is 0 Å². The number of rotatable bonds is 3. The van der Waals surface area contributed by atoms with Crippen LogP contribution in [0.1, 0.15) is 40.0 Å². The Kier molecular flexibility index (Phi) is 3.44. The van der Waals surface area contributed by atoms with Gasteiger partial charge in [0.15, 0.2) is 0 Å². The lowest BCUT2D eigenvalue weighted by Crippen LogP contribution is -2.47.